The standard InChI is InChI=1S/C15H15ClN2O3/c1-18(7-3-5-13(19)20)15(21)12-9-11(16)8-10-4-2-6-17-14(10)12/h2,4,6,8-9H,3,5,7H2,1H3,(H,19,20). The van der Waals surface area contributed by atoms with Crippen LogP contribution in [-0.2, 0) is 4.79 Å². The molecule has 2 rings (SSSR count). The van der Waals surface area contributed by atoms with E-state index in [4.69, 9.17) is 16.7 Å². The third-order valence-corrected chi connectivity index (χ3v) is 3.35. The second-order valence-corrected chi connectivity index (χ2v) is 5.19. The van der Waals surface area contributed by atoms with Crippen molar-refractivity contribution in [2.45, 2.75) is 12.8 Å². The molecule has 21 heavy (non-hydrogen) atoms. The monoisotopic (exact) mass is 306 g/mol. The number of fused-ring (bicyclic) bond motifs is 1. The highest BCUT2D eigenvalue weighted by Crippen LogP contribution is 2.23. The molecule has 1 heterocycles. The SMILES string of the molecule is CN(CCCC(=O)O)C(=O)c1cc(Cl)cc2cccnc12. The maximum Gasteiger partial charge on any atom is 0.303 e. The number of aliphatic carboxylic acids is 1. The molecule has 5 nitrogen and oxygen atoms in total. The van der Waals surface area contributed by atoms with Crippen molar-refractivity contribution in [3.05, 3.63) is 41.0 Å². The number of halogens is 1. The van der Waals surface area contributed by atoms with Gasteiger partial charge in [-0.3, -0.25) is 14.6 Å². The van der Waals surface area contributed by atoms with Gasteiger partial charge in [0.25, 0.3) is 5.91 Å². The van der Waals surface area contributed by atoms with Gasteiger partial charge in [0.15, 0.2) is 0 Å². The largest absolute Gasteiger partial charge is 0.481 e. The van der Waals surface area contributed by atoms with Gasteiger partial charge in [0.05, 0.1) is 11.1 Å². The third kappa shape index (κ3) is 3.70. The first kappa shape index (κ1) is 15.3. The van der Waals surface area contributed by atoms with E-state index in [1.807, 2.05) is 6.07 Å². The molecule has 1 aromatic heterocycles. The van der Waals surface area contributed by atoms with E-state index in [2.05, 4.69) is 4.98 Å². The summed E-state index contributed by atoms with van der Waals surface area (Å²) in [6.45, 7) is 0.367. The molecule has 6 heteroatoms. The molecule has 1 aromatic carbocycles. The van der Waals surface area contributed by atoms with E-state index in [-0.39, 0.29) is 12.3 Å². The molecule has 1 amide bonds. The minimum Gasteiger partial charge on any atom is -0.481 e. The van der Waals surface area contributed by atoms with Gasteiger partial charge in [-0.15, -0.1) is 0 Å². The highest BCUT2D eigenvalue weighted by molar-refractivity contribution is 6.32. The van der Waals surface area contributed by atoms with Crippen molar-refractivity contribution in [3.8, 4) is 0 Å². The molecule has 0 fully saturated rings. The summed E-state index contributed by atoms with van der Waals surface area (Å²) >= 11 is 6.04. The van der Waals surface area contributed by atoms with E-state index in [0.717, 1.165) is 5.39 Å². The average molecular weight is 307 g/mol. The fraction of sp³-hybridized carbons (Fsp3) is 0.267. The Kier molecular flexibility index (Phi) is 4.75. The number of benzene rings is 1. The van der Waals surface area contributed by atoms with E-state index in [1.54, 1.807) is 31.4 Å². The average Bonchev–Trinajstić information content (AvgIpc) is 2.45. The van der Waals surface area contributed by atoms with Crippen LogP contribution in [0.2, 0.25) is 5.02 Å². The maximum absolute atomic E-state index is 12.5. The second-order valence-electron chi connectivity index (χ2n) is 4.75. The number of amides is 1. The van der Waals surface area contributed by atoms with Gasteiger partial charge < -0.3 is 10.0 Å². The van der Waals surface area contributed by atoms with Crippen molar-refractivity contribution >= 4 is 34.4 Å². The van der Waals surface area contributed by atoms with Crippen molar-refractivity contribution in [1.82, 2.24) is 9.88 Å². The molecule has 0 saturated heterocycles. The van der Waals surface area contributed by atoms with Crippen molar-refractivity contribution in [3.63, 3.8) is 0 Å². The van der Waals surface area contributed by atoms with Crippen LogP contribution < -0.4 is 0 Å². The van der Waals surface area contributed by atoms with Gasteiger partial charge in [0.1, 0.15) is 0 Å². The zero-order chi connectivity index (χ0) is 15.4. The lowest BCUT2D eigenvalue weighted by molar-refractivity contribution is -0.137. The molecule has 0 atom stereocenters. The van der Waals surface area contributed by atoms with E-state index in [9.17, 15) is 9.59 Å². The van der Waals surface area contributed by atoms with Crippen molar-refractivity contribution < 1.29 is 14.7 Å². The number of carboxylic acids is 1. The molecule has 1 N–H and O–H groups in total. The Morgan fingerprint density at radius 2 is 2.14 bits per heavy atom. The normalized spacial score (nSPS) is 10.6. The predicted molar refractivity (Wildman–Crippen MR) is 80.6 cm³/mol. The van der Waals surface area contributed by atoms with Crippen molar-refractivity contribution in [2.24, 2.45) is 0 Å². The summed E-state index contributed by atoms with van der Waals surface area (Å²) < 4.78 is 0. The number of rotatable bonds is 5. The molecule has 110 valence electrons. The highest BCUT2D eigenvalue weighted by Gasteiger charge is 2.16. The van der Waals surface area contributed by atoms with Crippen LogP contribution in [0.5, 0.6) is 0 Å². The van der Waals surface area contributed by atoms with Gasteiger partial charge in [-0.25, -0.2) is 0 Å². The topological polar surface area (TPSA) is 70.5 Å². The molecular formula is C15H15ClN2O3. The van der Waals surface area contributed by atoms with E-state index in [1.165, 1.54) is 4.90 Å². The summed E-state index contributed by atoms with van der Waals surface area (Å²) in [7, 11) is 1.64. The van der Waals surface area contributed by atoms with Crippen LogP contribution in [-0.4, -0.2) is 40.5 Å². The lowest BCUT2D eigenvalue weighted by Gasteiger charge is -2.17. The fourth-order valence-electron chi connectivity index (χ4n) is 2.09. The van der Waals surface area contributed by atoms with Gasteiger partial charge in [-0.1, -0.05) is 17.7 Å². The Balaban J connectivity index is 2.24. The molecule has 0 aliphatic rings. The van der Waals surface area contributed by atoms with E-state index in [0.29, 0.717) is 29.1 Å². The Bertz CT molecular complexity index is 688. The second kappa shape index (κ2) is 6.54. The minimum atomic E-state index is -0.870. The van der Waals surface area contributed by atoms with Gasteiger partial charge in [-0.2, -0.15) is 0 Å². The summed E-state index contributed by atoms with van der Waals surface area (Å²) in [5.41, 5.74) is 1.02. The number of nitrogens with zero attached hydrogens (tertiary/aromatic N) is 2. The summed E-state index contributed by atoms with van der Waals surface area (Å²) in [6.07, 6.45) is 2.06. The predicted octanol–water partition coefficient (Wildman–Crippen LogP) is 2.83. The Hall–Kier alpha value is -2.14. The van der Waals surface area contributed by atoms with Crippen molar-refractivity contribution in [1.29, 1.82) is 0 Å². The lowest BCUT2D eigenvalue weighted by atomic mass is 10.1. The highest BCUT2D eigenvalue weighted by atomic mass is 35.5. The van der Waals surface area contributed by atoms with E-state index < -0.39 is 5.97 Å². The smallest absolute Gasteiger partial charge is 0.303 e. The van der Waals surface area contributed by atoms with E-state index >= 15 is 0 Å². The Morgan fingerprint density at radius 1 is 1.38 bits per heavy atom. The van der Waals surface area contributed by atoms with Crippen LogP contribution in [0.1, 0.15) is 23.2 Å². The quantitative estimate of drug-likeness (QED) is 0.922. The molecular weight excluding hydrogens is 292 g/mol. The van der Waals surface area contributed by atoms with Gasteiger partial charge in [0, 0.05) is 36.6 Å². The molecule has 0 spiro atoms. The van der Waals surface area contributed by atoms with Crippen LogP contribution in [0.4, 0.5) is 0 Å². The van der Waals surface area contributed by atoms with Gasteiger partial charge in [0.2, 0.25) is 0 Å². The molecule has 0 aliphatic carbocycles. The van der Waals surface area contributed by atoms with Crippen LogP contribution in [0.3, 0.4) is 0 Å². The van der Waals surface area contributed by atoms with Crippen LogP contribution >= 0.6 is 11.6 Å². The number of carbonyl (C=O) groups is 2. The first-order chi connectivity index (χ1) is 9.99. The zero-order valence-corrected chi connectivity index (χ0v) is 12.3. The fourth-order valence-corrected chi connectivity index (χ4v) is 2.32. The Labute approximate surface area is 127 Å². The molecule has 0 radical (unpaired) electrons. The summed E-state index contributed by atoms with van der Waals surface area (Å²) in [6, 6.07) is 6.97. The number of aromatic nitrogens is 1. The number of pyridine rings is 1. The third-order valence-electron chi connectivity index (χ3n) is 3.13. The lowest BCUT2D eigenvalue weighted by Crippen LogP contribution is -2.28. The number of carboxylic acid groups (broad SMARTS) is 1. The van der Waals surface area contributed by atoms with Crippen LogP contribution in [0.25, 0.3) is 10.9 Å². The molecule has 0 unspecified atom stereocenters. The van der Waals surface area contributed by atoms with Crippen LogP contribution in [0.15, 0.2) is 30.5 Å². The molecule has 0 saturated carbocycles. The minimum absolute atomic E-state index is 0.0339. The maximum atomic E-state index is 12.5. The zero-order valence-electron chi connectivity index (χ0n) is 11.5. The first-order valence-corrected chi connectivity index (χ1v) is 6.88. The van der Waals surface area contributed by atoms with Crippen molar-refractivity contribution in [2.75, 3.05) is 13.6 Å². The summed E-state index contributed by atoms with van der Waals surface area (Å²) in [5, 5.41) is 9.90. The molecule has 2 aromatic rings. The van der Waals surface area contributed by atoms with Crippen LogP contribution in [0, 0.1) is 0 Å². The molecule has 0 aliphatic heterocycles. The summed E-state index contributed by atoms with van der Waals surface area (Å²) in [4.78, 5) is 28.7. The number of carbonyl (C=O) groups excluding carboxylic acids is 1. The Morgan fingerprint density at radius 3 is 2.86 bits per heavy atom. The number of hydrogen-bond donors (Lipinski definition) is 1. The number of hydrogen-bond acceptors (Lipinski definition) is 3. The summed E-state index contributed by atoms with van der Waals surface area (Å²) in [5.74, 6) is -1.09. The first-order valence-electron chi connectivity index (χ1n) is 6.50. The van der Waals surface area contributed by atoms with Gasteiger partial charge in [-0.05, 0) is 24.6 Å². The van der Waals surface area contributed by atoms with Gasteiger partial charge >= 0.3 is 5.97 Å². The molecule has 0 bridgehead atoms.